The summed E-state index contributed by atoms with van der Waals surface area (Å²) in [5.41, 5.74) is 0.689. The Morgan fingerprint density at radius 3 is 3.08 bits per heavy atom. The topological polar surface area (TPSA) is 34.9 Å². The molecule has 0 amide bonds. The molecule has 13 heavy (non-hydrogen) atoms. The van der Waals surface area contributed by atoms with Crippen LogP contribution in [0.15, 0.2) is 28.2 Å². The lowest BCUT2D eigenvalue weighted by Gasteiger charge is -2.04. The third-order valence-corrected chi connectivity index (χ3v) is 2.64. The third-order valence-electron chi connectivity index (χ3n) is 1.73. The van der Waals surface area contributed by atoms with Crippen molar-refractivity contribution in [1.29, 1.82) is 0 Å². The van der Waals surface area contributed by atoms with Crippen molar-refractivity contribution >= 4 is 15.9 Å². The molecule has 0 atom stereocenters. The van der Waals surface area contributed by atoms with Gasteiger partial charge in [-0.05, 0) is 29.3 Å². The zero-order valence-electron chi connectivity index (χ0n) is 7.46. The first-order chi connectivity index (χ1) is 6.16. The molecule has 1 aromatic rings. The Labute approximate surface area is 85.2 Å². The first kappa shape index (κ1) is 10.2. The standard InChI is InChI=1S/C9H11BrN2O/c1-3-4-5-12-6-11-7(2)8(10)9(12)13/h3,6H,1,4-5H2,2H3. The number of hydrogen-bond donors (Lipinski definition) is 0. The second-order valence-electron chi connectivity index (χ2n) is 2.72. The van der Waals surface area contributed by atoms with E-state index in [4.69, 9.17) is 0 Å². The molecular formula is C9H11BrN2O. The largest absolute Gasteiger partial charge is 0.298 e. The fraction of sp³-hybridized carbons (Fsp3) is 0.333. The molecule has 0 saturated heterocycles. The molecule has 0 aliphatic heterocycles. The SMILES string of the molecule is C=CCCn1cnc(C)c(Br)c1=O. The Bertz CT molecular complexity index is 370. The number of aromatic nitrogens is 2. The summed E-state index contributed by atoms with van der Waals surface area (Å²) in [7, 11) is 0. The maximum atomic E-state index is 11.5. The molecule has 0 unspecified atom stereocenters. The van der Waals surface area contributed by atoms with Gasteiger partial charge in [0.2, 0.25) is 0 Å². The van der Waals surface area contributed by atoms with Gasteiger partial charge in [0.25, 0.3) is 5.56 Å². The summed E-state index contributed by atoms with van der Waals surface area (Å²) in [4.78, 5) is 15.6. The van der Waals surface area contributed by atoms with E-state index in [-0.39, 0.29) is 5.56 Å². The minimum absolute atomic E-state index is 0.0330. The predicted octanol–water partition coefficient (Wildman–Crippen LogP) is 1.89. The van der Waals surface area contributed by atoms with E-state index in [2.05, 4.69) is 27.5 Å². The molecule has 0 spiro atoms. The van der Waals surface area contributed by atoms with Crippen LogP contribution in [0.3, 0.4) is 0 Å². The second kappa shape index (κ2) is 4.37. The molecular weight excluding hydrogens is 232 g/mol. The average molecular weight is 243 g/mol. The Balaban J connectivity index is 3.04. The van der Waals surface area contributed by atoms with Crippen molar-refractivity contribution in [3.8, 4) is 0 Å². The Hall–Kier alpha value is -0.900. The van der Waals surface area contributed by atoms with Gasteiger partial charge in [-0.15, -0.1) is 6.58 Å². The van der Waals surface area contributed by atoms with E-state index in [0.717, 1.165) is 12.1 Å². The van der Waals surface area contributed by atoms with Crippen LogP contribution in [0.1, 0.15) is 12.1 Å². The summed E-state index contributed by atoms with van der Waals surface area (Å²) in [6.07, 6.45) is 4.11. The molecule has 1 heterocycles. The van der Waals surface area contributed by atoms with Gasteiger partial charge in [-0.3, -0.25) is 9.36 Å². The van der Waals surface area contributed by atoms with E-state index < -0.39 is 0 Å². The van der Waals surface area contributed by atoms with Crippen molar-refractivity contribution in [2.24, 2.45) is 0 Å². The van der Waals surface area contributed by atoms with E-state index in [9.17, 15) is 4.79 Å². The Morgan fingerprint density at radius 1 is 1.77 bits per heavy atom. The lowest BCUT2D eigenvalue weighted by atomic mass is 10.4. The molecule has 0 bridgehead atoms. The monoisotopic (exact) mass is 242 g/mol. The molecule has 0 N–H and O–H groups in total. The maximum Gasteiger partial charge on any atom is 0.267 e. The highest BCUT2D eigenvalue weighted by molar-refractivity contribution is 9.10. The zero-order valence-corrected chi connectivity index (χ0v) is 9.04. The fourth-order valence-electron chi connectivity index (χ4n) is 0.936. The minimum Gasteiger partial charge on any atom is -0.298 e. The molecule has 0 radical (unpaired) electrons. The third kappa shape index (κ3) is 2.28. The van der Waals surface area contributed by atoms with Crippen LogP contribution in [0.4, 0.5) is 0 Å². The molecule has 4 heteroatoms. The highest BCUT2D eigenvalue weighted by Crippen LogP contribution is 2.06. The zero-order chi connectivity index (χ0) is 9.84. The molecule has 3 nitrogen and oxygen atoms in total. The predicted molar refractivity (Wildman–Crippen MR) is 55.7 cm³/mol. The van der Waals surface area contributed by atoms with E-state index >= 15 is 0 Å². The minimum atomic E-state index is -0.0330. The Morgan fingerprint density at radius 2 is 2.46 bits per heavy atom. The maximum absolute atomic E-state index is 11.5. The summed E-state index contributed by atoms with van der Waals surface area (Å²) in [5.74, 6) is 0. The van der Waals surface area contributed by atoms with Crippen molar-refractivity contribution in [2.45, 2.75) is 19.9 Å². The van der Waals surface area contributed by atoms with Crippen molar-refractivity contribution in [1.82, 2.24) is 9.55 Å². The average Bonchev–Trinajstić information content (AvgIpc) is 2.13. The summed E-state index contributed by atoms with van der Waals surface area (Å²) in [5, 5.41) is 0. The van der Waals surface area contributed by atoms with Gasteiger partial charge in [0, 0.05) is 6.54 Å². The first-order valence-corrected chi connectivity index (χ1v) is 4.78. The lowest BCUT2D eigenvalue weighted by Crippen LogP contribution is -2.21. The molecule has 70 valence electrons. The van der Waals surface area contributed by atoms with Crippen molar-refractivity contribution in [2.75, 3.05) is 0 Å². The van der Waals surface area contributed by atoms with Crippen LogP contribution in [0.2, 0.25) is 0 Å². The van der Waals surface area contributed by atoms with Crippen LogP contribution in [0, 0.1) is 6.92 Å². The highest BCUT2D eigenvalue weighted by atomic mass is 79.9. The number of rotatable bonds is 3. The van der Waals surface area contributed by atoms with Crippen LogP contribution in [-0.4, -0.2) is 9.55 Å². The van der Waals surface area contributed by atoms with Crippen molar-refractivity contribution < 1.29 is 0 Å². The van der Waals surface area contributed by atoms with Crippen molar-refractivity contribution in [3.63, 3.8) is 0 Å². The van der Waals surface area contributed by atoms with Gasteiger partial charge in [-0.2, -0.15) is 0 Å². The molecule has 1 rings (SSSR count). The van der Waals surface area contributed by atoms with Gasteiger partial charge in [0.15, 0.2) is 0 Å². The smallest absolute Gasteiger partial charge is 0.267 e. The van der Waals surface area contributed by atoms with E-state index in [1.165, 1.54) is 0 Å². The van der Waals surface area contributed by atoms with Gasteiger partial charge < -0.3 is 0 Å². The number of hydrogen-bond acceptors (Lipinski definition) is 2. The molecule has 0 saturated carbocycles. The van der Waals surface area contributed by atoms with Crippen LogP contribution < -0.4 is 5.56 Å². The number of aryl methyl sites for hydroxylation is 2. The first-order valence-electron chi connectivity index (χ1n) is 3.99. The van der Waals surface area contributed by atoms with Gasteiger partial charge >= 0.3 is 0 Å². The number of allylic oxidation sites excluding steroid dienone is 1. The van der Waals surface area contributed by atoms with Crippen LogP contribution in [0.25, 0.3) is 0 Å². The van der Waals surface area contributed by atoms with Gasteiger partial charge in [0.05, 0.1) is 12.0 Å². The lowest BCUT2D eigenvalue weighted by molar-refractivity contribution is 0.658. The van der Waals surface area contributed by atoms with Gasteiger partial charge in [-0.25, -0.2) is 4.98 Å². The van der Waals surface area contributed by atoms with Crippen LogP contribution in [0.5, 0.6) is 0 Å². The molecule has 0 aromatic carbocycles. The number of halogens is 1. The molecule has 1 aromatic heterocycles. The van der Waals surface area contributed by atoms with E-state index in [1.807, 2.05) is 0 Å². The quantitative estimate of drug-likeness (QED) is 0.760. The van der Waals surface area contributed by atoms with Gasteiger partial charge in [0.1, 0.15) is 4.47 Å². The molecule has 0 fully saturated rings. The normalized spacial score (nSPS) is 10.0. The highest BCUT2D eigenvalue weighted by Gasteiger charge is 2.03. The summed E-state index contributed by atoms with van der Waals surface area (Å²) < 4.78 is 2.11. The fourth-order valence-corrected chi connectivity index (χ4v) is 1.27. The van der Waals surface area contributed by atoms with E-state index in [0.29, 0.717) is 11.0 Å². The van der Waals surface area contributed by atoms with Crippen LogP contribution in [-0.2, 0) is 6.54 Å². The Kier molecular flexibility index (Phi) is 3.42. The summed E-state index contributed by atoms with van der Waals surface area (Å²) >= 11 is 3.20. The van der Waals surface area contributed by atoms with E-state index in [1.54, 1.807) is 23.9 Å². The van der Waals surface area contributed by atoms with Gasteiger partial charge in [-0.1, -0.05) is 6.08 Å². The van der Waals surface area contributed by atoms with Crippen LogP contribution >= 0.6 is 15.9 Å². The molecule has 0 aliphatic rings. The summed E-state index contributed by atoms with van der Waals surface area (Å²) in [6, 6.07) is 0. The van der Waals surface area contributed by atoms with Crippen molar-refractivity contribution in [3.05, 3.63) is 39.5 Å². The summed E-state index contributed by atoms with van der Waals surface area (Å²) in [6.45, 7) is 6.03. The molecule has 0 aliphatic carbocycles. The number of nitrogens with zero attached hydrogens (tertiary/aromatic N) is 2. The second-order valence-corrected chi connectivity index (χ2v) is 3.51.